The average molecular weight is 367 g/mol. The number of carbonyl (C=O) groups is 1. The van der Waals surface area contributed by atoms with E-state index in [-0.39, 0.29) is 17.7 Å². The van der Waals surface area contributed by atoms with Crippen molar-refractivity contribution in [2.75, 3.05) is 6.54 Å². The molecule has 1 saturated carbocycles. The van der Waals surface area contributed by atoms with Crippen LogP contribution < -0.4 is 4.74 Å². The third kappa shape index (κ3) is 2.86. The molecule has 27 heavy (non-hydrogen) atoms. The number of aliphatic hydroxyl groups excluding tert-OH is 1. The third-order valence-electron chi connectivity index (χ3n) is 5.27. The van der Waals surface area contributed by atoms with Crippen LogP contribution in [0.25, 0.3) is 0 Å². The number of nitrogens with zero attached hydrogens (tertiary/aromatic N) is 3. The van der Waals surface area contributed by atoms with Crippen molar-refractivity contribution in [3.8, 4) is 11.8 Å². The summed E-state index contributed by atoms with van der Waals surface area (Å²) in [5.41, 5.74) is 0.185. The Kier molecular flexibility index (Phi) is 3.97. The fourth-order valence-corrected chi connectivity index (χ4v) is 3.61. The highest BCUT2D eigenvalue weighted by Gasteiger charge is 2.54. The summed E-state index contributed by atoms with van der Waals surface area (Å²) >= 11 is 0. The number of fused-ring (bicyclic) bond motifs is 2. The van der Waals surface area contributed by atoms with Crippen LogP contribution in [0.4, 0.5) is 0 Å². The summed E-state index contributed by atoms with van der Waals surface area (Å²) in [6, 6.07) is 7.15. The lowest BCUT2D eigenvalue weighted by Crippen LogP contribution is -2.50. The van der Waals surface area contributed by atoms with Gasteiger partial charge in [0.1, 0.15) is 17.5 Å². The topological polar surface area (TPSA) is 95.2 Å². The highest BCUT2D eigenvalue weighted by atomic mass is 16.5. The first-order chi connectivity index (χ1) is 12.9. The Morgan fingerprint density at radius 2 is 2.30 bits per heavy atom. The number of benzene rings is 1. The number of nitriles is 1. The molecule has 0 spiro atoms. The van der Waals surface area contributed by atoms with Crippen molar-refractivity contribution in [3.63, 3.8) is 0 Å². The monoisotopic (exact) mass is 367 g/mol. The van der Waals surface area contributed by atoms with E-state index in [0.717, 1.165) is 0 Å². The van der Waals surface area contributed by atoms with Gasteiger partial charge in [-0.25, -0.2) is 5.01 Å². The predicted molar refractivity (Wildman–Crippen MR) is 96.6 cm³/mol. The van der Waals surface area contributed by atoms with Crippen LogP contribution in [-0.2, 0) is 9.53 Å². The van der Waals surface area contributed by atoms with E-state index in [4.69, 9.17) is 9.47 Å². The van der Waals surface area contributed by atoms with E-state index >= 15 is 0 Å². The van der Waals surface area contributed by atoms with Crippen LogP contribution in [0, 0.1) is 23.2 Å². The van der Waals surface area contributed by atoms with Crippen LogP contribution in [0.2, 0.25) is 0 Å². The standard InChI is InChI=1S/C20H21N3O4/c1-4-7-23-19(25)13-9-12(13)18(22-23)26-16-14-8-11(10-21)5-6-15(14)27-20(2,3)17(16)24/h4-6,8,12-13,16-17,24H,1,7,9H2,2-3H3/t12-,13-,16-,17+/m1/s1. The molecule has 1 aliphatic carbocycles. The maximum absolute atomic E-state index is 12.3. The zero-order chi connectivity index (χ0) is 19.3. The summed E-state index contributed by atoms with van der Waals surface area (Å²) in [4.78, 5) is 12.3. The Balaban J connectivity index is 1.70. The number of carbonyl (C=O) groups excluding carboxylic acids is 1. The SMILES string of the molecule is C=CCN1N=C(O[C@@H]2c3cc(C#N)ccc3OC(C)(C)[C@H]2O)[C@@H]2C[C@H]2C1=O. The second kappa shape index (κ2) is 6.10. The van der Waals surface area contributed by atoms with Crippen LogP contribution >= 0.6 is 0 Å². The summed E-state index contributed by atoms with van der Waals surface area (Å²) in [7, 11) is 0. The average Bonchev–Trinajstić information content (AvgIpc) is 3.43. The number of aliphatic hydroxyl groups is 1. The molecule has 2 heterocycles. The summed E-state index contributed by atoms with van der Waals surface area (Å²) < 4.78 is 12.1. The molecule has 0 aromatic heterocycles. The zero-order valence-electron chi connectivity index (χ0n) is 15.3. The zero-order valence-corrected chi connectivity index (χ0v) is 15.3. The summed E-state index contributed by atoms with van der Waals surface area (Å²) in [6.07, 6.45) is 0.599. The van der Waals surface area contributed by atoms with Crippen LogP contribution in [0.15, 0.2) is 36.0 Å². The molecule has 0 unspecified atom stereocenters. The Hall–Kier alpha value is -2.85. The van der Waals surface area contributed by atoms with Gasteiger partial charge in [-0.15, -0.1) is 11.7 Å². The molecule has 3 aliphatic rings. The van der Waals surface area contributed by atoms with Crippen molar-refractivity contribution in [1.82, 2.24) is 5.01 Å². The molecule has 1 aromatic carbocycles. The van der Waals surface area contributed by atoms with Crippen molar-refractivity contribution >= 4 is 11.8 Å². The minimum Gasteiger partial charge on any atom is -0.485 e. The van der Waals surface area contributed by atoms with Gasteiger partial charge in [-0.3, -0.25) is 4.79 Å². The molecule has 0 bridgehead atoms. The smallest absolute Gasteiger partial charge is 0.247 e. The van der Waals surface area contributed by atoms with Gasteiger partial charge in [0.05, 0.1) is 24.1 Å². The van der Waals surface area contributed by atoms with Gasteiger partial charge < -0.3 is 14.6 Å². The van der Waals surface area contributed by atoms with Gasteiger partial charge >= 0.3 is 0 Å². The molecule has 4 atom stereocenters. The fourth-order valence-electron chi connectivity index (χ4n) is 3.61. The molecule has 2 aliphatic heterocycles. The number of hydrogen-bond donors (Lipinski definition) is 1. The maximum Gasteiger partial charge on any atom is 0.247 e. The van der Waals surface area contributed by atoms with Gasteiger partial charge in [-0.1, -0.05) is 6.08 Å². The quantitative estimate of drug-likeness (QED) is 0.826. The van der Waals surface area contributed by atoms with Crippen molar-refractivity contribution in [1.29, 1.82) is 5.26 Å². The normalized spacial score (nSPS) is 30.2. The lowest BCUT2D eigenvalue weighted by molar-refractivity contribution is -0.134. The van der Waals surface area contributed by atoms with Gasteiger partial charge in [-0.2, -0.15) is 5.26 Å². The van der Waals surface area contributed by atoms with E-state index in [1.54, 1.807) is 38.1 Å². The molecule has 7 nitrogen and oxygen atoms in total. The Morgan fingerprint density at radius 3 is 3.00 bits per heavy atom. The molecular weight excluding hydrogens is 346 g/mol. The number of hydrazone groups is 1. The predicted octanol–water partition coefficient (Wildman–Crippen LogP) is 2.13. The van der Waals surface area contributed by atoms with E-state index in [1.165, 1.54) is 5.01 Å². The van der Waals surface area contributed by atoms with Crippen molar-refractivity contribution < 1.29 is 19.4 Å². The molecular formula is C20H21N3O4. The van der Waals surface area contributed by atoms with Crippen molar-refractivity contribution in [3.05, 3.63) is 42.0 Å². The van der Waals surface area contributed by atoms with Crippen molar-refractivity contribution in [2.45, 2.75) is 38.1 Å². The van der Waals surface area contributed by atoms with E-state index in [0.29, 0.717) is 35.7 Å². The summed E-state index contributed by atoms with van der Waals surface area (Å²) in [6.45, 7) is 7.53. The van der Waals surface area contributed by atoms with Gasteiger partial charge in [0.25, 0.3) is 0 Å². The molecule has 140 valence electrons. The number of amides is 1. The van der Waals surface area contributed by atoms with Crippen LogP contribution in [-0.4, -0.2) is 40.2 Å². The molecule has 1 amide bonds. The summed E-state index contributed by atoms with van der Waals surface area (Å²) in [5, 5.41) is 25.8. The Morgan fingerprint density at radius 1 is 1.52 bits per heavy atom. The molecule has 1 aromatic rings. The van der Waals surface area contributed by atoms with Crippen LogP contribution in [0.3, 0.4) is 0 Å². The molecule has 1 fully saturated rings. The molecule has 7 heteroatoms. The minimum absolute atomic E-state index is 0.0210. The first-order valence-corrected chi connectivity index (χ1v) is 8.94. The van der Waals surface area contributed by atoms with E-state index in [2.05, 4.69) is 17.7 Å². The van der Waals surface area contributed by atoms with E-state index < -0.39 is 17.8 Å². The number of hydrogen-bond acceptors (Lipinski definition) is 6. The number of ether oxygens (including phenoxy) is 2. The van der Waals surface area contributed by atoms with E-state index in [9.17, 15) is 15.2 Å². The Labute approximate surface area is 157 Å². The van der Waals surface area contributed by atoms with Crippen LogP contribution in [0.1, 0.15) is 37.5 Å². The van der Waals surface area contributed by atoms with E-state index in [1.807, 2.05) is 0 Å². The van der Waals surface area contributed by atoms with Gasteiger partial charge in [-0.05, 0) is 38.5 Å². The fraction of sp³-hybridized carbons (Fsp3) is 0.450. The van der Waals surface area contributed by atoms with Crippen molar-refractivity contribution in [2.24, 2.45) is 16.9 Å². The Bertz CT molecular complexity index is 886. The maximum atomic E-state index is 12.3. The highest BCUT2D eigenvalue weighted by Crippen LogP contribution is 2.48. The molecule has 0 saturated heterocycles. The summed E-state index contributed by atoms with van der Waals surface area (Å²) in [5.74, 6) is 0.813. The second-order valence-corrected chi connectivity index (χ2v) is 7.65. The van der Waals surface area contributed by atoms with Gasteiger partial charge in [0.15, 0.2) is 6.10 Å². The lowest BCUT2D eigenvalue weighted by Gasteiger charge is -2.42. The molecule has 1 N–H and O–H groups in total. The van der Waals surface area contributed by atoms with Crippen LogP contribution in [0.5, 0.6) is 5.75 Å². The first kappa shape index (κ1) is 17.6. The first-order valence-electron chi connectivity index (χ1n) is 8.94. The van der Waals surface area contributed by atoms with Gasteiger partial charge in [0.2, 0.25) is 11.8 Å². The molecule has 0 radical (unpaired) electrons. The second-order valence-electron chi connectivity index (χ2n) is 7.65. The molecule has 4 rings (SSSR count). The highest BCUT2D eigenvalue weighted by molar-refractivity contribution is 5.96. The lowest BCUT2D eigenvalue weighted by atomic mass is 9.87. The third-order valence-corrected chi connectivity index (χ3v) is 5.27. The largest absolute Gasteiger partial charge is 0.485 e. The van der Waals surface area contributed by atoms with Gasteiger partial charge in [0, 0.05) is 11.5 Å². The minimum atomic E-state index is -0.968. The number of rotatable bonds is 3.